The lowest BCUT2D eigenvalue weighted by atomic mass is 10.1. The zero-order valence-corrected chi connectivity index (χ0v) is 14.7. The van der Waals surface area contributed by atoms with E-state index in [4.69, 9.17) is 0 Å². The number of carbonyl (C=O) groups excluding carboxylic acids is 1. The largest absolute Gasteiger partial charge is 0.295 e. The summed E-state index contributed by atoms with van der Waals surface area (Å²) < 4.78 is 0. The highest BCUT2D eigenvalue weighted by molar-refractivity contribution is 7.40. The van der Waals surface area contributed by atoms with Gasteiger partial charge >= 0.3 is 0 Å². The number of unbranched alkanes of at least 4 members (excludes halogenated alkanes) is 11. The van der Waals surface area contributed by atoms with Gasteiger partial charge in [0, 0.05) is 6.42 Å². The molecule has 118 valence electrons. The fourth-order valence-electron chi connectivity index (χ4n) is 2.37. The summed E-state index contributed by atoms with van der Waals surface area (Å²) in [6, 6.07) is 0. The van der Waals surface area contributed by atoms with Gasteiger partial charge in [0.1, 0.15) is 5.52 Å². The van der Waals surface area contributed by atoms with Crippen LogP contribution in [0.2, 0.25) is 0 Å². The third-order valence-electron chi connectivity index (χ3n) is 3.68. The van der Waals surface area contributed by atoms with Crippen LogP contribution in [0.3, 0.4) is 0 Å². The van der Waals surface area contributed by atoms with E-state index < -0.39 is 0 Å². The van der Waals surface area contributed by atoms with E-state index in [1.807, 2.05) is 0 Å². The maximum absolute atomic E-state index is 10.7. The smallest absolute Gasteiger partial charge is 0.148 e. The normalized spacial score (nSPS) is 11.3. The zero-order valence-electron chi connectivity index (χ0n) is 13.5. The molecule has 1 unspecified atom stereocenters. The summed E-state index contributed by atoms with van der Waals surface area (Å²) in [7, 11) is 2.26. The van der Waals surface area contributed by atoms with Gasteiger partial charge in [-0.25, -0.2) is 0 Å². The molecule has 0 aromatic heterocycles. The van der Waals surface area contributed by atoms with Crippen LogP contribution in [0.1, 0.15) is 96.8 Å². The van der Waals surface area contributed by atoms with Crippen molar-refractivity contribution < 1.29 is 4.79 Å². The topological polar surface area (TPSA) is 17.1 Å². The lowest BCUT2D eigenvalue weighted by molar-refractivity contribution is -0.111. The van der Waals surface area contributed by atoms with Crippen molar-refractivity contribution in [1.29, 1.82) is 0 Å². The molecular weight excluding hydrogens is 263 g/mol. The summed E-state index contributed by atoms with van der Waals surface area (Å²) in [5, 5.41) is 0. The fourth-order valence-corrected chi connectivity index (χ4v) is 2.57. The zero-order chi connectivity index (χ0) is 14.9. The predicted octanol–water partition coefficient (Wildman–Crippen LogP) is 6.43. The molecule has 0 aliphatic rings. The van der Waals surface area contributed by atoms with Crippen molar-refractivity contribution in [3.8, 4) is 0 Å². The first-order valence-electron chi connectivity index (χ1n) is 8.70. The summed E-state index contributed by atoms with van der Waals surface area (Å²) in [5.41, 5.74) is 0.252. The molecule has 2 heteroatoms. The molecule has 0 saturated carbocycles. The van der Waals surface area contributed by atoms with E-state index in [1.165, 1.54) is 77.0 Å². The second-order valence-electron chi connectivity index (χ2n) is 5.80. The Kier molecular flexibility index (Phi) is 16.8. The second kappa shape index (κ2) is 16.9. The Morgan fingerprint density at radius 3 is 1.70 bits per heavy atom. The Morgan fingerprint density at radius 1 is 0.750 bits per heavy atom. The SMILES string of the molecule is CCCCCCCCC=CCCCCCCCC(=O)P. The standard InChI is InChI=1S/C18H35OP/c1-2-3-4-5-6-7-8-9-10-11-12-13-14-15-16-17-18(19)20/h9-10H,2-8,11-17,20H2,1H3. The van der Waals surface area contributed by atoms with Crippen LogP contribution < -0.4 is 0 Å². The summed E-state index contributed by atoms with van der Waals surface area (Å²) >= 11 is 0. The fraction of sp³-hybridized carbons (Fsp3) is 0.833. The molecule has 0 N–H and O–H groups in total. The van der Waals surface area contributed by atoms with Gasteiger partial charge in [-0.05, 0) is 32.1 Å². The summed E-state index contributed by atoms with van der Waals surface area (Å²) in [6.07, 6.45) is 22.5. The lowest BCUT2D eigenvalue weighted by Crippen LogP contribution is -1.85. The summed E-state index contributed by atoms with van der Waals surface area (Å²) in [6.45, 7) is 2.27. The molecule has 0 radical (unpaired) electrons. The van der Waals surface area contributed by atoms with Crippen LogP contribution in [0.15, 0.2) is 12.2 Å². The number of allylic oxidation sites excluding steroid dienone is 2. The first-order chi connectivity index (χ1) is 9.77. The van der Waals surface area contributed by atoms with Gasteiger partial charge in [0.15, 0.2) is 0 Å². The van der Waals surface area contributed by atoms with Crippen molar-refractivity contribution in [2.75, 3.05) is 0 Å². The van der Waals surface area contributed by atoms with Gasteiger partial charge in [-0.1, -0.05) is 79.7 Å². The van der Waals surface area contributed by atoms with Crippen LogP contribution in [0.25, 0.3) is 0 Å². The van der Waals surface area contributed by atoms with Gasteiger partial charge < -0.3 is 0 Å². The van der Waals surface area contributed by atoms with Gasteiger partial charge in [-0.3, -0.25) is 4.79 Å². The maximum Gasteiger partial charge on any atom is 0.148 e. The van der Waals surface area contributed by atoms with E-state index in [0.29, 0.717) is 0 Å². The highest BCUT2D eigenvalue weighted by Crippen LogP contribution is 2.10. The predicted molar refractivity (Wildman–Crippen MR) is 94.2 cm³/mol. The van der Waals surface area contributed by atoms with E-state index in [0.717, 1.165) is 12.8 Å². The minimum atomic E-state index is 0.252. The van der Waals surface area contributed by atoms with Crippen LogP contribution in [-0.4, -0.2) is 5.52 Å². The lowest BCUT2D eigenvalue weighted by Gasteiger charge is -1.99. The molecule has 0 fully saturated rings. The summed E-state index contributed by atoms with van der Waals surface area (Å²) in [5.74, 6) is 0. The molecule has 20 heavy (non-hydrogen) atoms. The maximum atomic E-state index is 10.7. The Bertz CT molecular complexity index is 236. The minimum Gasteiger partial charge on any atom is -0.295 e. The van der Waals surface area contributed by atoms with Gasteiger partial charge in [-0.15, -0.1) is 0 Å². The van der Waals surface area contributed by atoms with Crippen LogP contribution in [0.4, 0.5) is 0 Å². The highest BCUT2D eigenvalue weighted by Gasteiger charge is 1.94. The molecule has 0 bridgehead atoms. The van der Waals surface area contributed by atoms with Crippen molar-refractivity contribution in [3.63, 3.8) is 0 Å². The molecule has 0 rings (SSSR count). The molecule has 0 amide bonds. The van der Waals surface area contributed by atoms with E-state index in [-0.39, 0.29) is 5.52 Å². The van der Waals surface area contributed by atoms with Crippen LogP contribution >= 0.6 is 9.24 Å². The minimum absolute atomic E-state index is 0.252. The molecule has 0 saturated heterocycles. The average molecular weight is 298 g/mol. The van der Waals surface area contributed by atoms with Crippen LogP contribution in [0.5, 0.6) is 0 Å². The van der Waals surface area contributed by atoms with Crippen molar-refractivity contribution in [2.24, 2.45) is 0 Å². The highest BCUT2D eigenvalue weighted by atomic mass is 31.0. The Balaban J connectivity index is 3.07. The molecular formula is C18H35OP. The van der Waals surface area contributed by atoms with Crippen molar-refractivity contribution in [3.05, 3.63) is 12.2 Å². The number of hydrogen-bond acceptors (Lipinski definition) is 1. The van der Waals surface area contributed by atoms with Gasteiger partial charge in [-0.2, -0.15) is 0 Å². The molecule has 0 aromatic carbocycles. The molecule has 0 aromatic rings. The Morgan fingerprint density at radius 2 is 1.20 bits per heavy atom. The third kappa shape index (κ3) is 17.8. The van der Waals surface area contributed by atoms with Gasteiger partial charge in [0.25, 0.3) is 0 Å². The quantitative estimate of drug-likeness (QED) is 0.193. The molecule has 0 heterocycles. The number of rotatable bonds is 15. The van der Waals surface area contributed by atoms with E-state index in [1.54, 1.807) is 0 Å². The van der Waals surface area contributed by atoms with E-state index in [9.17, 15) is 4.79 Å². The van der Waals surface area contributed by atoms with Crippen molar-refractivity contribution in [1.82, 2.24) is 0 Å². The third-order valence-corrected chi connectivity index (χ3v) is 3.97. The Hall–Kier alpha value is -0.160. The number of carbonyl (C=O) groups is 1. The van der Waals surface area contributed by atoms with Crippen LogP contribution in [-0.2, 0) is 4.79 Å². The first kappa shape index (κ1) is 19.8. The van der Waals surface area contributed by atoms with Crippen molar-refractivity contribution in [2.45, 2.75) is 96.8 Å². The monoisotopic (exact) mass is 298 g/mol. The van der Waals surface area contributed by atoms with Crippen molar-refractivity contribution >= 4 is 14.8 Å². The van der Waals surface area contributed by atoms with Gasteiger partial charge in [0.2, 0.25) is 0 Å². The summed E-state index contributed by atoms with van der Waals surface area (Å²) in [4.78, 5) is 10.7. The Labute approximate surface area is 129 Å². The molecule has 0 aliphatic heterocycles. The molecule has 0 aliphatic carbocycles. The molecule has 1 nitrogen and oxygen atoms in total. The molecule has 0 spiro atoms. The van der Waals surface area contributed by atoms with E-state index in [2.05, 4.69) is 28.3 Å². The van der Waals surface area contributed by atoms with E-state index >= 15 is 0 Å². The van der Waals surface area contributed by atoms with Crippen LogP contribution in [0, 0.1) is 0 Å². The van der Waals surface area contributed by atoms with Gasteiger partial charge in [0.05, 0.1) is 0 Å². The first-order valence-corrected chi connectivity index (χ1v) is 9.28. The number of hydrogen-bond donors (Lipinski definition) is 0. The average Bonchev–Trinajstić information content (AvgIpc) is 2.43. The molecule has 1 atom stereocenters. The second-order valence-corrected chi connectivity index (χ2v) is 6.44.